The molecule has 0 aliphatic heterocycles. The molecule has 0 spiro atoms. The number of rotatable bonds is 3. The van der Waals surface area contributed by atoms with E-state index in [1.165, 1.54) is 0 Å². The van der Waals surface area contributed by atoms with Crippen LogP contribution in [-0.4, -0.2) is 11.3 Å². The van der Waals surface area contributed by atoms with E-state index in [2.05, 4.69) is 0 Å². The number of hydrogen-bond donors (Lipinski definition) is 1. The third-order valence-electron chi connectivity index (χ3n) is 2.47. The van der Waals surface area contributed by atoms with Crippen molar-refractivity contribution >= 4 is 9.73 Å². The topological polar surface area (TPSA) is 50.1 Å². The van der Waals surface area contributed by atoms with Gasteiger partial charge in [0.25, 0.3) is 0 Å². The van der Waals surface area contributed by atoms with Crippen molar-refractivity contribution in [2.75, 3.05) is 7.11 Å². The van der Waals surface area contributed by atoms with Crippen molar-refractivity contribution in [3.63, 3.8) is 0 Å². The van der Waals surface area contributed by atoms with Crippen LogP contribution in [0.25, 0.3) is 0 Å². The minimum Gasteiger partial charge on any atom is -0.497 e. The van der Waals surface area contributed by atoms with Crippen molar-refractivity contribution in [1.29, 1.82) is 4.78 Å². The summed E-state index contributed by atoms with van der Waals surface area (Å²) in [5, 5.41) is 0. The predicted octanol–water partition coefficient (Wildman–Crippen LogP) is 3.16. The molecule has 2 aromatic rings. The van der Waals surface area contributed by atoms with Crippen LogP contribution in [0.2, 0.25) is 0 Å². The summed E-state index contributed by atoms with van der Waals surface area (Å²) in [6, 6.07) is 15.6. The van der Waals surface area contributed by atoms with Crippen LogP contribution in [-0.2, 0) is 9.73 Å². The standard InChI is InChI=1S/C13H13NO2S/c1-16-11-7-9-13(10-8-11)17(14,15)12-5-3-2-4-6-12/h2-10,14H,1H3. The van der Waals surface area contributed by atoms with Crippen LogP contribution in [0.3, 0.4) is 0 Å². The fourth-order valence-electron chi connectivity index (χ4n) is 1.52. The Balaban J connectivity index is 2.45. The van der Waals surface area contributed by atoms with Gasteiger partial charge in [0.05, 0.1) is 16.9 Å². The quantitative estimate of drug-likeness (QED) is 0.905. The van der Waals surface area contributed by atoms with Crippen LogP contribution in [0.4, 0.5) is 0 Å². The van der Waals surface area contributed by atoms with E-state index in [9.17, 15) is 4.21 Å². The highest BCUT2D eigenvalue weighted by Crippen LogP contribution is 2.23. The van der Waals surface area contributed by atoms with Crippen LogP contribution in [0, 0.1) is 4.78 Å². The third-order valence-corrected chi connectivity index (χ3v) is 4.34. The second-order valence-corrected chi connectivity index (χ2v) is 5.60. The van der Waals surface area contributed by atoms with E-state index in [0.29, 0.717) is 15.5 Å². The third kappa shape index (κ3) is 2.31. The fraction of sp³-hybridized carbons (Fsp3) is 0.0769. The molecule has 2 aromatic carbocycles. The highest BCUT2D eigenvalue weighted by molar-refractivity contribution is 7.92. The van der Waals surface area contributed by atoms with Gasteiger partial charge < -0.3 is 4.74 Å². The van der Waals surface area contributed by atoms with Crippen molar-refractivity contribution in [2.24, 2.45) is 0 Å². The number of ether oxygens (including phenoxy) is 1. The predicted molar refractivity (Wildman–Crippen MR) is 66.8 cm³/mol. The van der Waals surface area contributed by atoms with Gasteiger partial charge in [-0.3, -0.25) is 0 Å². The van der Waals surface area contributed by atoms with E-state index in [0.717, 1.165) is 0 Å². The molecule has 0 saturated heterocycles. The molecule has 0 bridgehead atoms. The van der Waals surface area contributed by atoms with E-state index in [-0.39, 0.29) is 0 Å². The summed E-state index contributed by atoms with van der Waals surface area (Å²) in [5.74, 6) is 0.692. The molecule has 0 aromatic heterocycles. The van der Waals surface area contributed by atoms with Crippen molar-refractivity contribution in [1.82, 2.24) is 0 Å². The Hall–Kier alpha value is -1.81. The first-order valence-corrected chi connectivity index (χ1v) is 6.68. The summed E-state index contributed by atoms with van der Waals surface area (Å²) in [4.78, 5) is 1.01. The second-order valence-electron chi connectivity index (χ2n) is 3.54. The Labute approximate surface area is 101 Å². The smallest absolute Gasteiger partial charge is 0.118 e. The molecule has 1 N–H and O–H groups in total. The zero-order chi connectivity index (χ0) is 12.3. The van der Waals surface area contributed by atoms with Gasteiger partial charge in [-0.1, -0.05) is 18.2 Å². The molecule has 1 atom stereocenters. The highest BCUT2D eigenvalue weighted by Gasteiger charge is 2.12. The Morgan fingerprint density at radius 1 is 0.941 bits per heavy atom. The minimum atomic E-state index is -2.92. The first kappa shape index (κ1) is 11.7. The van der Waals surface area contributed by atoms with E-state index in [1.807, 2.05) is 6.07 Å². The summed E-state index contributed by atoms with van der Waals surface area (Å²) < 4.78 is 25.5. The Morgan fingerprint density at radius 2 is 1.47 bits per heavy atom. The van der Waals surface area contributed by atoms with Gasteiger partial charge >= 0.3 is 0 Å². The Morgan fingerprint density at radius 3 is 2.00 bits per heavy atom. The molecule has 0 radical (unpaired) electrons. The molecule has 0 amide bonds. The molecule has 3 nitrogen and oxygen atoms in total. The molecular weight excluding hydrogens is 234 g/mol. The number of nitrogens with one attached hydrogen (secondary N) is 1. The first-order valence-electron chi connectivity index (χ1n) is 5.12. The lowest BCUT2D eigenvalue weighted by Crippen LogP contribution is -1.99. The van der Waals surface area contributed by atoms with Crippen LogP contribution in [0.15, 0.2) is 64.4 Å². The molecule has 88 valence electrons. The van der Waals surface area contributed by atoms with Crippen molar-refractivity contribution in [2.45, 2.75) is 9.79 Å². The number of methoxy groups -OCH3 is 1. The van der Waals surface area contributed by atoms with Gasteiger partial charge in [0.1, 0.15) is 15.5 Å². The van der Waals surface area contributed by atoms with E-state index >= 15 is 0 Å². The SMILES string of the molecule is COc1ccc(S(=N)(=O)c2ccccc2)cc1. The molecule has 4 heteroatoms. The minimum absolute atomic E-state index is 0.490. The van der Waals surface area contributed by atoms with Gasteiger partial charge in [-0.25, -0.2) is 8.99 Å². The maximum absolute atomic E-state index is 12.4. The van der Waals surface area contributed by atoms with Crippen LogP contribution in [0.5, 0.6) is 5.75 Å². The lowest BCUT2D eigenvalue weighted by Gasteiger charge is -2.08. The van der Waals surface area contributed by atoms with E-state index in [1.54, 1.807) is 55.6 Å². The second kappa shape index (κ2) is 4.59. The molecule has 0 heterocycles. The summed E-state index contributed by atoms with van der Waals surface area (Å²) in [6.45, 7) is 0. The molecule has 1 unspecified atom stereocenters. The molecule has 17 heavy (non-hydrogen) atoms. The van der Waals surface area contributed by atoms with E-state index in [4.69, 9.17) is 9.52 Å². The fourth-order valence-corrected chi connectivity index (χ4v) is 2.85. The van der Waals surface area contributed by atoms with Crippen molar-refractivity contribution in [3.8, 4) is 5.75 Å². The lowest BCUT2D eigenvalue weighted by molar-refractivity contribution is 0.414. The zero-order valence-corrected chi connectivity index (χ0v) is 10.2. The lowest BCUT2D eigenvalue weighted by atomic mass is 10.3. The summed E-state index contributed by atoms with van der Waals surface area (Å²) in [6.07, 6.45) is 0. The Bertz CT molecular complexity index is 589. The monoisotopic (exact) mass is 247 g/mol. The molecule has 2 rings (SSSR count). The van der Waals surface area contributed by atoms with Crippen LogP contribution in [0.1, 0.15) is 0 Å². The van der Waals surface area contributed by atoms with Gasteiger partial charge in [-0.2, -0.15) is 0 Å². The first-order chi connectivity index (χ1) is 8.14. The molecule has 0 fully saturated rings. The largest absolute Gasteiger partial charge is 0.497 e. The average Bonchev–Trinajstić information content (AvgIpc) is 2.40. The maximum atomic E-state index is 12.4. The van der Waals surface area contributed by atoms with Gasteiger partial charge in [0, 0.05) is 0 Å². The summed E-state index contributed by atoms with van der Waals surface area (Å²) in [7, 11) is -1.35. The van der Waals surface area contributed by atoms with Crippen molar-refractivity contribution in [3.05, 3.63) is 54.6 Å². The van der Waals surface area contributed by atoms with Crippen molar-refractivity contribution < 1.29 is 8.95 Å². The van der Waals surface area contributed by atoms with Crippen LogP contribution >= 0.6 is 0 Å². The zero-order valence-electron chi connectivity index (χ0n) is 9.42. The average molecular weight is 247 g/mol. The summed E-state index contributed by atoms with van der Waals surface area (Å²) in [5.41, 5.74) is 0. The van der Waals surface area contributed by atoms with Gasteiger partial charge in [0.2, 0.25) is 0 Å². The number of hydrogen-bond acceptors (Lipinski definition) is 3. The van der Waals surface area contributed by atoms with Crippen LogP contribution < -0.4 is 4.74 Å². The molecule has 0 aliphatic rings. The van der Waals surface area contributed by atoms with Gasteiger partial charge in [0.15, 0.2) is 0 Å². The van der Waals surface area contributed by atoms with Gasteiger partial charge in [-0.15, -0.1) is 0 Å². The molecule has 0 saturated carbocycles. The highest BCUT2D eigenvalue weighted by atomic mass is 32.2. The normalized spacial score (nSPS) is 13.9. The summed E-state index contributed by atoms with van der Waals surface area (Å²) >= 11 is 0. The molecular formula is C13H13NO2S. The van der Waals surface area contributed by atoms with Gasteiger partial charge in [-0.05, 0) is 36.4 Å². The maximum Gasteiger partial charge on any atom is 0.118 e. The number of benzene rings is 2. The molecule has 0 aliphatic carbocycles. The van der Waals surface area contributed by atoms with E-state index < -0.39 is 9.73 Å². The Kier molecular flexibility index (Phi) is 3.15.